The van der Waals surface area contributed by atoms with Crippen molar-refractivity contribution in [1.82, 2.24) is 0 Å². The standard InChI is InChI=1S/C24H33N3OSi/c1-24(2,20-14-6-4-3-5-7-15-21-26-27-25)29(28,22-16-10-8-11-17-22)23-18-12-9-13-19-23/h3-4,8-13,16-19,28H,5-7,14-15,20-21H2,1-2H3/b4-3-. The van der Waals surface area contributed by atoms with Crippen LogP contribution in [0.3, 0.4) is 0 Å². The molecular formula is C24H33N3OSi. The molecule has 0 amide bonds. The number of hydrogen-bond donors (Lipinski definition) is 1. The Balaban J connectivity index is 1.99. The first-order valence-electron chi connectivity index (χ1n) is 10.5. The molecule has 29 heavy (non-hydrogen) atoms. The molecule has 0 aliphatic carbocycles. The Labute approximate surface area is 176 Å². The van der Waals surface area contributed by atoms with Crippen LogP contribution in [-0.4, -0.2) is 19.7 Å². The molecule has 0 unspecified atom stereocenters. The minimum Gasteiger partial charge on any atom is -0.424 e. The van der Waals surface area contributed by atoms with Crippen LogP contribution in [0.2, 0.25) is 5.04 Å². The summed E-state index contributed by atoms with van der Waals surface area (Å²) in [5.41, 5.74) is 8.26. The smallest absolute Gasteiger partial charge is 0.258 e. The molecule has 0 aliphatic rings. The lowest BCUT2D eigenvalue weighted by molar-refractivity contribution is 0.458. The van der Waals surface area contributed by atoms with Gasteiger partial charge in [0.1, 0.15) is 0 Å². The summed E-state index contributed by atoms with van der Waals surface area (Å²) < 4.78 is 0. The van der Waals surface area contributed by atoms with Gasteiger partial charge in [0, 0.05) is 11.5 Å². The summed E-state index contributed by atoms with van der Waals surface area (Å²) >= 11 is 0. The second-order valence-corrected chi connectivity index (χ2v) is 12.1. The predicted octanol–water partition coefficient (Wildman–Crippen LogP) is 5.73. The van der Waals surface area contributed by atoms with Crippen molar-refractivity contribution in [1.29, 1.82) is 0 Å². The van der Waals surface area contributed by atoms with Gasteiger partial charge in [0.2, 0.25) is 0 Å². The minimum absolute atomic E-state index is 0.182. The van der Waals surface area contributed by atoms with E-state index in [1.807, 2.05) is 36.4 Å². The first-order valence-corrected chi connectivity index (χ1v) is 12.5. The molecule has 2 aromatic rings. The van der Waals surface area contributed by atoms with Crippen molar-refractivity contribution in [2.24, 2.45) is 5.11 Å². The van der Waals surface area contributed by atoms with Gasteiger partial charge in [-0.25, -0.2) is 0 Å². The molecule has 2 rings (SSSR count). The van der Waals surface area contributed by atoms with Crippen LogP contribution in [0.25, 0.3) is 10.4 Å². The molecule has 0 saturated heterocycles. The van der Waals surface area contributed by atoms with E-state index in [9.17, 15) is 4.80 Å². The lowest BCUT2D eigenvalue weighted by Crippen LogP contribution is -2.65. The summed E-state index contributed by atoms with van der Waals surface area (Å²) in [7, 11) is -2.89. The van der Waals surface area contributed by atoms with Crippen molar-refractivity contribution in [3.05, 3.63) is 83.3 Å². The molecule has 0 fully saturated rings. The molecule has 4 nitrogen and oxygen atoms in total. The summed E-state index contributed by atoms with van der Waals surface area (Å²) in [4.78, 5) is 14.9. The summed E-state index contributed by atoms with van der Waals surface area (Å²) in [6.45, 7) is 5.03. The summed E-state index contributed by atoms with van der Waals surface area (Å²) in [5.74, 6) is 0. The molecule has 154 valence electrons. The highest BCUT2D eigenvalue weighted by molar-refractivity contribution is 6.98. The van der Waals surface area contributed by atoms with Gasteiger partial charge in [0.25, 0.3) is 8.32 Å². The number of benzene rings is 2. The molecule has 0 aliphatic heterocycles. The van der Waals surface area contributed by atoms with Crippen molar-refractivity contribution in [3.8, 4) is 0 Å². The minimum atomic E-state index is -2.89. The van der Waals surface area contributed by atoms with E-state index in [0.717, 1.165) is 48.9 Å². The van der Waals surface area contributed by atoms with Crippen molar-refractivity contribution in [3.63, 3.8) is 0 Å². The molecule has 0 saturated carbocycles. The molecule has 0 aromatic heterocycles. The lowest BCUT2D eigenvalue weighted by atomic mass is 10.0. The Morgan fingerprint density at radius 3 is 1.93 bits per heavy atom. The SMILES string of the molecule is CC(C)(CCC/C=C\CCCCN=[N+]=[N-])[Si](O)(c1ccccc1)c1ccccc1. The Hall–Kier alpha value is -2.33. The maximum absolute atomic E-state index is 12.1. The fraction of sp³-hybridized carbons (Fsp3) is 0.417. The molecule has 5 heteroatoms. The number of rotatable bonds is 12. The van der Waals surface area contributed by atoms with Crippen LogP contribution < -0.4 is 10.4 Å². The first kappa shape index (κ1) is 23.0. The van der Waals surface area contributed by atoms with E-state index >= 15 is 0 Å². The molecule has 0 spiro atoms. The van der Waals surface area contributed by atoms with Gasteiger partial charge in [0.15, 0.2) is 0 Å². The maximum Gasteiger partial charge on any atom is 0.258 e. The fourth-order valence-corrected chi connectivity index (χ4v) is 7.66. The molecule has 0 atom stereocenters. The van der Waals surface area contributed by atoms with Crippen LogP contribution in [-0.2, 0) is 0 Å². The normalized spacial score (nSPS) is 12.1. The van der Waals surface area contributed by atoms with Gasteiger partial charge >= 0.3 is 0 Å². The number of azide groups is 1. The average molecular weight is 408 g/mol. The van der Waals surface area contributed by atoms with Crippen LogP contribution in [0.4, 0.5) is 0 Å². The van der Waals surface area contributed by atoms with E-state index in [1.54, 1.807) is 0 Å². The van der Waals surface area contributed by atoms with Crippen molar-refractivity contribution in [2.75, 3.05) is 6.54 Å². The van der Waals surface area contributed by atoms with Crippen molar-refractivity contribution >= 4 is 18.7 Å². The predicted molar refractivity (Wildman–Crippen MR) is 125 cm³/mol. The van der Waals surface area contributed by atoms with E-state index in [0.29, 0.717) is 6.54 Å². The lowest BCUT2D eigenvalue weighted by Gasteiger charge is -2.41. The quantitative estimate of drug-likeness (QED) is 0.120. The van der Waals surface area contributed by atoms with E-state index in [1.165, 1.54) is 0 Å². The van der Waals surface area contributed by atoms with Crippen LogP contribution in [0.1, 0.15) is 52.4 Å². The number of nitrogens with zero attached hydrogens (tertiary/aromatic N) is 3. The topological polar surface area (TPSA) is 69.0 Å². The van der Waals surface area contributed by atoms with E-state index in [4.69, 9.17) is 5.53 Å². The van der Waals surface area contributed by atoms with Crippen LogP contribution in [0.15, 0.2) is 77.9 Å². The highest BCUT2D eigenvalue weighted by Gasteiger charge is 2.49. The van der Waals surface area contributed by atoms with Crippen LogP contribution in [0.5, 0.6) is 0 Å². The molecule has 0 heterocycles. The van der Waals surface area contributed by atoms with Gasteiger partial charge in [-0.1, -0.05) is 91.8 Å². The summed E-state index contributed by atoms with van der Waals surface area (Å²) in [6, 6.07) is 20.4. The third-order valence-electron chi connectivity index (χ3n) is 5.64. The fourth-order valence-electron chi connectivity index (χ4n) is 3.87. The molecule has 1 N–H and O–H groups in total. The zero-order valence-electron chi connectivity index (χ0n) is 17.7. The Morgan fingerprint density at radius 1 is 0.897 bits per heavy atom. The summed E-state index contributed by atoms with van der Waals surface area (Å²) in [6.07, 6.45) is 10.5. The Morgan fingerprint density at radius 2 is 1.41 bits per heavy atom. The van der Waals surface area contributed by atoms with Crippen molar-refractivity contribution < 1.29 is 4.80 Å². The highest BCUT2D eigenvalue weighted by atomic mass is 28.4. The van der Waals surface area contributed by atoms with Gasteiger partial charge < -0.3 is 4.80 Å². The first-order chi connectivity index (χ1) is 14.0. The molecular weight excluding hydrogens is 374 g/mol. The van der Waals surface area contributed by atoms with Gasteiger partial charge in [-0.05, 0) is 59.5 Å². The Kier molecular flexibility index (Phi) is 9.19. The van der Waals surface area contributed by atoms with Crippen LogP contribution in [0, 0.1) is 0 Å². The van der Waals surface area contributed by atoms with Crippen molar-refractivity contribution in [2.45, 2.75) is 57.4 Å². The molecule has 0 bridgehead atoms. The number of unbranched alkanes of at least 4 members (excludes halogenated alkanes) is 3. The van der Waals surface area contributed by atoms with Crippen LogP contribution >= 0.6 is 0 Å². The largest absolute Gasteiger partial charge is 0.424 e. The summed E-state index contributed by atoms with van der Waals surface area (Å²) in [5, 5.41) is 5.53. The second kappa shape index (κ2) is 11.6. The number of hydrogen-bond acceptors (Lipinski definition) is 2. The third-order valence-corrected chi connectivity index (χ3v) is 10.2. The molecule has 2 aromatic carbocycles. The maximum atomic E-state index is 12.1. The number of allylic oxidation sites excluding steroid dienone is 2. The van der Waals surface area contributed by atoms with E-state index in [-0.39, 0.29) is 5.04 Å². The van der Waals surface area contributed by atoms with Gasteiger partial charge in [0.05, 0.1) is 0 Å². The van der Waals surface area contributed by atoms with E-state index < -0.39 is 8.32 Å². The monoisotopic (exact) mass is 407 g/mol. The van der Waals surface area contributed by atoms with Gasteiger partial charge in [-0.3, -0.25) is 0 Å². The third kappa shape index (κ3) is 6.33. The zero-order chi connectivity index (χ0) is 21.0. The highest BCUT2D eigenvalue weighted by Crippen LogP contribution is 2.40. The Bertz CT molecular complexity index is 760. The average Bonchev–Trinajstić information content (AvgIpc) is 2.75. The second-order valence-electron chi connectivity index (χ2n) is 8.14. The van der Waals surface area contributed by atoms with Gasteiger partial charge in [-0.15, -0.1) is 0 Å². The molecule has 0 radical (unpaired) electrons. The van der Waals surface area contributed by atoms with Gasteiger partial charge in [-0.2, -0.15) is 0 Å². The van der Waals surface area contributed by atoms with E-state index in [2.05, 4.69) is 60.3 Å². The zero-order valence-corrected chi connectivity index (χ0v) is 18.7.